The van der Waals surface area contributed by atoms with Crippen LogP contribution in [0.2, 0.25) is 0 Å². The maximum Gasteiger partial charge on any atom is 0.333 e. The molecular formula is C16H22N2O4. The molecule has 0 spiro atoms. The molecule has 1 saturated heterocycles. The van der Waals surface area contributed by atoms with Crippen molar-refractivity contribution in [2.45, 2.75) is 12.5 Å². The molecule has 0 saturated carbocycles. The molecule has 22 heavy (non-hydrogen) atoms. The summed E-state index contributed by atoms with van der Waals surface area (Å²) in [6.07, 6.45) is -0.0328. The van der Waals surface area contributed by atoms with Gasteiger partial charge in [0, 0.05) is 39.7 Å². The number of urea groups is 1. The first kappa shape index (κ1) is 16.3. The van der Waals surface area contributed by atoms with E-state index in [4.69, 9.17) is 9.84 Å². The first-order valence-corrected chi connectivity index (χ1v) is 7.32. The second-order valence-corrected chi connectivity index (χ2v) is 5.60. The highest BCUT2D eigenvalue weighted by Crippen LogP contribution is 2.22. The molecule has 2 rings (SSSR count). The minimum absolute atomic E-state index is 0.0626. The van der Waals surface area contributed by atoms with Crippen LogP contribution in [-0.2, 0) is 16.0 Å². The van der Waals surface area contributed by atoms with Crippen molar-refractivity contribution < 1.29 is 19.4 Å². The van der Waals surface area contributed by atoms with Gasteiger partial charge in [-0.3, -0.25) is 0 Å². The minimum Gasteiger partial charge on any atom is -0.479 e. The Balaban J connectivity index is 1.77. The van der Waals surface area contributed by atoms with Gasteiger partial charge in [-0.15, -0.1) is 0 Å². The standard InChI is InChI=1S/C16H22N2O4/c1-17(9-8-12-6-4-3-5-7-12)16(21)18-10-13(11-18)14(22-2)15(19)20/h3-7,13-14H,8-11H2,1-2H3,(H,19,20). The average molecular weight is 306 g/mol. The Labute approximate surface area is 130 Å². The van der Waals surface area contributed by atoms with Crippen LogP contribution >= 0.6 is 0 Å². The van der Waals surface area contributed by atoms with Crippen molar-refractivity contribution in [3.63, 3.8) is 0 Å². The largest absolute Gasteiger partial charge is 0.479 e. The first-order chi connectivity index (χ1) is 10.5. The fraction of sp³-hybridized carbons (Fsp3) is 0.500. The predicted octanol–water partition coefficient (Wildman–Crippen LogP) is 1.31. The zero-order valence-corrected chi connectivity index (χ0v) is 12.9. The van der Waals surface area contributed by atoms with Crippen molar-refractivity contribution in [3.05, 3.63) is 35.9 Å². The Morgan fingerprint density at radius 3 is 2.55 bits per heavy atom. The van der Waals surface area contributed by atoms with Crippen LogP contribution in [0.15, 0.2) is 30.3 Å². The number of methoxy groups -OCH3 is 1. The van der Waals surface area contributed by atoms with E-state index in [1.165, 1.54) is 12.7 Å². The smallest absolute Gasteiger partial charge is 0.333 e. The molecule has 1 N–H and O–H groups in total. The van der Waals surface area contributed by atoms with Crippen LogP contribution in [0, 0.1) is 5.92 Å². The zero-order valence-electron chi connectivity index (χ0n) is 12.9. The van der Waals surface area contributed by atoms with Gasteiger partial charge in [-0.25, -0.2) is 9.59 Å². The summed E-state index contributed by atoms with van der Waals surface area (Å²) in [7, 11) is 3.15. The number of benzene rings is 1. The molecule has 1 aliphatic heterocycles. The Hall–Kier alpha value is -2.08. The molecule has 1 aromatic carbocycles. The van der Waals surface area contributed by atoms with Gasteiger partial charge in [-0.2, -0.15) is 0 Å². The Kier molecular flexibility index (Phi) is 5.38. The number of likely N-dealkylation sites (N-methyl/N-ethyl adjacent to an activating group) is 1. The SMILES string of the molecule is COC(C(=O)O)C1CN(C(=O)N(C)CCc2ccccc2)C1. The number of nitrogens with zero attached hydrogens (tertiary/aromatic N) is 2. The van der Waals surface area contributed by atoms with E-state index < -0.39 is 12.1 Å². The quantitative estimate of drug-likeness (QED) is 0.860. The second kappa shape index (κ2) is 7.26. The van der Waals surface area contributed by atoms with Gasteiger partial charge >= 0.3 is 12.0 Å². The number of carboxylic acid groups (broad SMARTS) is 1. The lowest BCUT2D eigenvalue weighted by molar-refractivity contribution is -0.155. The normalized spacial score (nSPS) is 16.0. The van der Waals surface area contributed by atoms with Crippen molar-refractivity contribution in [2.24, 2.45) is 5.92 Å². The second-order valence-electron chi connectivity index (χ2n) is 5.60. The molecule has 1 aromatic rings. The molecule has 1 aliphatic rings. The summed E-state index contributed by atoms with van der Waals surface area (Å²) in [6, 6.07) is 9.93. The lowest BCUT2D eigenvalue weighted by Gasteiger charge is -2.42. The predicted molar refractivity (Wildman–Crippen MR) is 81.7 cm³/mol. The van der Waals surface area contributed by atoms with Gasteiger partial charge < -0.3 is 19.6 Å². The number of rotatable bonds is 6. The molecule has 2 amide bonds. The third kappa shape index (κ3) is 3.76. The van der Waals surface area contributed by atoms with E-state index >= 15 is 0 Å². The van der Waals surface area contributed by atoms with Crippen LogP contribution in [0.25, 0.3) is 0 Å². The van der Waals surface area contributed by atoms with Gasteiger partial charge in [0.1, 0.15) is 0 Å². The van der Waals surface area contributed by atoms with E-state index in [1.807, 2.05) is 30.3 Å². The number of hydrogen-bond donors (Lipinski definition) is 1. The van der Waals surface area contributed by atoms with Crippen molar-refractivity contribution in [1.29, 1.82) is 0 Å². The highest BCUT2D eigenvalue weighted by atomic mass is 16.5. The highest BCUT2D eigenvalue weighted by Gasteiger charge is 2.40. The lowest BCUT2D eigenvalue weighted by Crippen LogP contribution is -2.59. The summed E-state index contributed by atoms with van der Waals surface area (Å²) >= 11 is 0. The Morgan fingerprint density at radius 1 is 1.36 bits per heavy atom. The van der Waals surface area contributed by atoms with Gasteiger partial charge in [0.2, 0.25) is 0 Å². The number of carbonyl (C=O) groups excluding carboxylic acids is 1. The Morgan fingerprint density at radius 2 is 2.00 bits per heavy atom. The molecule has 1 unspecified atom stereocenters. The van der Waals surface area contributed by atoms with Gasteiger partial charge in [0.15, 0.2) is 6.10 Å². The number of ether oxygens (including phenoxy) is 1. The fourth-order valence-electron chi connectivity index (χ4n) is 2.63. The van der Waals surface area contributed by atoms with E-state index in [0.717, 1.165) is 6.42 Å². The van der Waals surface area contributed by atoms with Gasteiger partial charge in [0.25, 0.3) is 0 Å². The molecule has 0 radical (unpaired) electrons. The molecule has 1 atom stereocenters. The molecule has 0 aliphatic carbocycles. The molecular weight excluding hydrogens is 284 g/mol. The van der Waals surface area contributed by atoms with Crippen LogP contribution in [0.4, 0.5) is 4.79 Å². The van der Waals surface area contributed by atoms with Crippen LogP contribution in [0.5, 0.6) is 0 Å². The van der Waals surface area contributed by atoms with E-state index in [0.29, 0.717) is 19.6 Å². The molecule has 0 bridgehead atoms. The first-order valence-electron chi connectivity index (χ1n) is 7.32. The van der Waals surface area contributed by atoms with E-state index in [9.17, 15) is 9.59 Å². The van der Waals surface area contributed by atoms with E-state index in [2.05, 4.69) is 0 Å². The third-order valence-electron chi connectivity index (χ3n) is 4.01. The van der Waals surface area contributed by atoms with Crippen molar-refractivity contribution in [1.82, 2.24) is 9.80 Å². The third-order valence-corrected chi connectivity index (χ3v) is 4.01. The summed E-state index contributed by atoms with van der Waals surface area (Å²) in [5.74, 6) is -1.11. The van der Waals surface area contributed by atoms with E-state index in [1.54, 1.807) is 16.8 Å². The minimum atomic E-state index is -0.975. The summed E-state index contributed by atoms with van der Waals surface area (Å²) in [4.78, 5) is 26.6. The number of carbonyl (C=O) groups is 2. The molecule has 1 heterocycles. The number of likely N-dealkylation sites (tertiary alicyclic amines) is 1. The molecule has 6 nitrogen and oxygen atoms in total. The lowest BCUT2D eigenvalue weighted by atomic mass is 9.94. The van der Waals surface area contributed by atoms with Crippen LogP contribution in [-0.4, -0.2) is 66.8 Å². The van der Waals surface area contributed by atoms with Crippen molar-refractivity contribution >= 4 is 12.0 Å². The molecule has 1 fully saturated rings. The van der Waals surface area contributed by atoms with Crippen LogP contribution in [0.3, 0.4) is 0 Å². The molecule has 120 valence electrons. The number of carboxylic acids is 1. The van der Waals surface area contributed by atoms with Gasteiger partial charge in [-0.1, -0.05) is 30.3 Å². The highest BCUT2D eigenvalue weighted by molar-refractivity contribution is 5.77. The maximum absolute atomic E-state index is 12.2. The molecule has 6 heteroatoms. The van der Waals surface area contributed by atoms with Crippen molar-refractivity contribution in [3.8, 4) is 0 Å². The summed E-state index contributed by atoms with van der Waals surface area (Å²) in [5, 5.41) is 9.01. The van der Waals surface area contributed by atoms with Crippen LogP contribution in [0.1, 0.15) is 5.56 Å². The maximum atomic E-state index is 12.2. The zero-order chi connectivity index (χ0) is 16.1. The summed E-state index contributed by atoms with van der Waals surface area (Å²) < 4.78 is 4.96. The van der Waals surface area contributed by atoms with Crippen molar-refractivity contribution in [2.75, 3.05) is 33.8 Å². The number of aliphatic carboxylic acids is 1. The summed E-state index contributed by atoms with van der Waals surface area (Å²) in [5.41, 5.74) is 1.19. The number of hydrogen-bond acceptors (Lipinski definition) is 3. The van der Waals surface area contributed by atoms with Gasteiger partial charge in [0.05, 0.1) is 0 Å². The number of amides is 2. The average Bonchev–Trinajstić information content (AvgIpc) is 2.48. The van der Waals surface area contributed by atoms with Gasteiger partial charge in [-0.05, 0) is 12.0 Å². The summed E-state index contributed by atoms with van der Waals surface area (Å²) in [6.45, 7) is 1.50. The van der Waals surface area contributed by atoms with E-state index in [-0.39, 0.29) is 11.9 Å². The Bertz CT molecular complexity index is 514. The monoisotopic (exact) mass is 306 g/mol. The van der Waals surface area contributed by atoms with Crippen LogP contribution < -0.4 is 0 Å². The molecule has 0 aromatic heterocycles. The topological polar surface area (TPSA) is 70.1 Å². The fourth-order valence-corrected chi connectivity index (χ4v) is 2.63.